The molecule has 0 saturated carbocycles. The monoisotopic (exact) mass is 281 g/mol. The Bertz CT molecular complexity index is 421. The highest BCUT2D eigenvalue weighted by Crippen LogP contribution is 2.08. The van der Waals surface area contributed by atoms with Gasteiger partial charge in [0, 0.05) is 13.7 Å². The van der Waals surface area contributed by atoms with Crippen LogP contribution < -0.4 is 10.1 Å². The van der Waals surface area contributed by atoms with Gasteiger partial charge in [0.25, 0.3) is 0 Å². The van der Waals surface area contributed by atoms with E-state index in [1.54, 1.807) is 0 Å². The predicted octanol–water partition coefficient (Wildman–Crippen LogP) is 1.06. The van der Waals surface area contributed by atoms with Crippen LogP contribution in [0.4, 0.5) is 0 Å². The third-order valence-corrected chi connectivity index (χ3v) is 2.60. The van der Waals surface area contributed by atoms with Gasteiger partial charge in [0.05, 0.1) is 25.6 Å². The molecule has 20 heavy (non-hydrogen) atoms. The lowest BCUT2D eigenvalue weighted by Crippen LogP contribution is -2.35. The minimum atomic E-state index is -0.960. The Morgan fingerprint density at radius 3 is 2.60 bits per heavy atom. The number of ether oxygens (including phenoxy) is 2. The van der Waals surface area contributed by atoms with Crippen molar-refractivity contribution in [3.05, 3.63) is 30.3 Å². The number of benzene rings is 1. The van der Waals surface area contributed by atoms with Crippen molar-refractivity contribution in [3.8, 4) is 5.75 Å². The lowest BCUT2D eigenvalue weighted by atomic mass is 10.2. The predicted molar refractivity (Wildman–Crippen MR) is 72.6 cm³/mol. The van der Waals surface area contributed by atoms with E-state index in [4.69, 9.17) is 14.6 Å². The molecule has 110 valence electrons. The van der Waals surface area contributed by atoms with Crippen molar-refractivity contribution >= 4 is 11.9 Å². The number of amides is 1. The normalized spacial score (nSPS) is 11.7. The van der Waals surface area contributed by atoms with Crippen molar-refractivity contribution in [1.29, 1.82) is 0 Å². The number of carboxylic acids is 1. The molecule has 0 aromatic heterocycles. The van der Waals surface area contributed by atoms with Gasteiger partial charge in [-0.1, -0.05) is 18.2 Å². The third-order valence-electron chi connectivity index (χ3n) is 2.60. The summed E-state index contributed by atoms with van der Waals surface area (Å²) in [4.78, 5) is 22.1. The SMILES string of the molecule is COC(CNC(=O)CCOc1ccccc1)CC(=O)O. The molecule has 2 N–H and O–H groups in total. The molecule has 1 aromatic carbocycles. The van der Waals surface area contributed by atoms with Gasteiger partial charge in [-0.25, -0.2) is 0 Å². The van der Waals surface area contributed by atoms with Crippen molar-refractivity contribution in [2.24, 2.45) is 0 Å². The number of hydrogen-bond acceptors (Lipinski definition) is 4. The van der Waals surface area contributed by atoms with Gasteiger partial charge < -0.3 is 19.9 Å². The van der Waals surface area contributed by atoms with Crippen LogP contribution in [-0.2, 0) is 14.3 Å². The number of carbonyl (C=O) groups excluding carboxylic acids is 1. The Kier molecular flexibility index (Phi) is 7.13. The van der Waals surface area contributed by atoms with Crippen LogP contribution in [0.1, 0.15) is 12.8 Å². The summed E-state index contributed by atoms with van der Waals surface area (Å²) in [6.45, 7) is 0.444. The van der Waals surface area contributed by atoms with E-state index in [0.717, 1.165) is 0 Å². The van der Waals surface area contributed by atoms with Gasteiger partial charge in [-0.2, -0.15) is 0 Å². The maximum atomic E-state index is 11.5. The molecule has 6 heteroatoms. The molecule has 0 aliphatic rings. The van der Waals surface area contributed by atoms with Gasteiger partial charge in [-0.3, -0.25) is 9.59 Å². The summed E-state index contributed by atoms with van der Waals surface area (Å²) >= 11 is 0. The second-order valence-electron chi connectivity index (χ2n) is 4.17. The minimum Gasteiger partial charge on any atom is -0.493 e. The minimum absolute atomic E-state index is 0.142. The first kappa shape index (κ1) is 16.0. The summed E-state index contributed by atoms with van der Waals surface area (Å²) in [6, 6.07) is 9.21. The maximum absolute atomic E-state index is 11.5. The van der Waals surface area contributed by atoms with Crippen molar-refractivity contribution in [2.75, 3.05) is 20.3 Å². The standard InChI is InChI=1S/C14H19NO5/c1-19-12(9-14(17)18)10-15-13(16)7-8-20-11-5-3-2-4-6-11/h2-6,12H,7-10H2,1H3,(H,15,16)(H,17,18). The topological polar surface area (TPSA) is 84.9 Å². The maximum Gasteiger partial charge on any atom is 0.306 e. The second-order valence-corrected chi connectivity index (χ2v) is 4.17. The molecular formula is C14H19NO5. The summed E-state index contributed by atoms with van der Waals surface area (Å²) in [7, 11) is 1.41. The van der Waals surface area contributed by atoms with Crippen LogP contribution in [0.15, 0.2) is 30.3 Å². The van der Waals surface area contributed by atoms with Gasteiger partial charge in [0.1, 0.15) is 5.75 Å². The zero-order chi connectivity index (χ0) is 14.8. The summed E-state index contributed by atoms with van der Waals surface area (Å²) in [5.41, 5.74) is 0. The highest BCUT2D eigenvalue weighted by molar-refractivity contribution is 5.76. The second kappa shape index (κ2) is 8.92. The molecule has 1 amide bonds. The zero-order valence-electron chi connectivity index (χ0n) is 11.4. The fraction of sp³-hybridized carbons (Fsp3) is 0.429. The van der Waals surface area contributed by atoms with Crippen LogP contribution in [0.2, 0.25) is 0 Å². The summed E-state index contributed by atoms with van der Waals surface area (Å²) in [6.07, 6.45) is -0.457. The van der Waals surface area contributed by atoms with Crippen LogP contribution >= 0.6 is 0 Å². The number of hydrogen-bond donors (Lipinski definition) is 2. The molecule has 1 aromatic rings. The fourth-order valence-electron chi connectivity index (χ4n) is 1.53. The number of carbonyl (C=O) groups is 2. The first-order chi connectivity index (χ1) is 9.61. The van der Waals surface area contributed by atoms with Crippen molar-refractivity contribution in [3.63, 3.8) is 0 Å². The molecule has 0 aliphatic heterocycles. The van der Waals surface area contributed by atoms with Crippen molar-refractivity contribution < 1.29 is 24.2 Å². The molecule has 0 saturated heterocycles. The first-order valence-electron chi connectivity index (χ1n) is 6.31. The lowest BCUT2D eigenvalue weighted by Gasteiger charge is -2.14. The van der Waals surface area contributed by atoms with Gasteiger partial charge >= 0.3 is 5.97 Å². The van der Waals surface area contributed by atoms with Gasteiger partial charge in [0.15, 0.2) is 0 Å². The molecule has 0 bridgehead atoms. The third kappa shape index (κ3) is 6.75. The zero-order valence-corrected chi connectivity index (χ0v) is 11.4. The van der Waals surface area contributed by atoms with Crippen LogP contribution in [0.25, 0.3) is 0 Å². The van der Waals surface area contributed by atoms with Crippen molar-refractivity contribution in [2.45, 2.75) is 18.9 Å². The van der Waals surface area contributed by atoms with E-state index < -0.39 is 12.1 Å². The highest BCUT2D eigenvalue weighted by atomic mass is 16.5. The van der Waals surface area contributed by atoms with Crippen LogP contribution in [-0.4, -0.2) is 43.3 Å². The van der Waals surface area contributed by atoms with E-state index in [-0.39, 0.29) is 31.9 Å². The average molecular weight is 281 g/mol. The molecule has 1 unspecified atom stereocenters. The Labute approximate surface area is 117 Å². The number of nitrogens with one attached hydrogen (secondary N) is 1. The lowest BCUT2D eigenvalue weighted by molar-refractivity contribution is -0.140. The number of para-hydroxylation sites is 1. The highest BCUT2D eigenvalue weighted by Gasteiger charge is 2.13. The molecule has 0 fully saturated rings. The fourth-order valence-corrected chi connectivity index (χ4v) is 1.53. The largest absolute Gasteiger partial charge is 0.493 e. The quantitative estimate of drug-likeness (QED) is 0.707. The molecule has 6 nitrogen and oxygen atoms in total. The molecule has 0 aliphatic carbocycles. The smallest absolute Gasteiger partial charge is 0.306 e. The van der Waals surface area contributed by atoms with E-state index >= 15 is 0 Å². The summed E-state index contributed by atoms with van der Waals surface area (Å²) in [5, 5.41) is 11.3. The molecule has 0 radical (unpaired) electrons. The Balaban J connectivity index is 2.18. The van der Waals surface area contributed by atoms with Gasteiger partial charge in [-0.15, -0.1) is 0 Å². The number of aliphatic carboxylic acids is 1. The van der Waals surface area contributed by atoms with E-state index in [1.807, 2.05) is 30.3 Å². The number of rotatable bonds is 9. The number of methoxy groups -OCH3 is 1. The molecule has 1 atom stereocenters. The van der Waals surface area contributed by atoms with Gasteiger partial charge in [0.2, 0.25) is 5.91 Å². The van der Waals surface area contributed by atoms with Crippen LogP contribution in [0.5, 0.6) is 5.75 Å². The van der Waals surface area contributed by atoms with Crippen molar-refractivity contribution in [1.82, 2.24) is 5.32 Å². The molecule has 0 heterocycles. The Morgan fingerprint density at radius 1 is 1.30 bits per heavy atom. The van der Waals surface area contributed by atoms with Gasteiger partial charge in [-0.05, 0) is 12.1 Å². The van der Waals surface area contributed by atoms with E-state index in [0.29, 0.717) is 5.75 Å². The molecule has 0 spiro atoms. The van der Waals surface area contributed by atoms with E-state index in [1.165, 1.54) is 7.11 Å². The average Bonchev–Trinajstić information content (AvgIpc) is 2.44. The van der Waals surface area contributed by atoms with E-state index in [2.05, 4.69) is 5.32 Å². The Hall–Kier alpha value is -2.08. The number of carboxylic acid groups (broad SMARTS) is 1. The van der Waals surface area contributed by atoms with E-state index in [9.17, 15) is 9.59 Å². The molecular weight excluding hydrogens is 262 g/mol. The summed E-state index contributed by atoms with van der Waals surface area (Å²) in [5.74, 6) is -0.451. The van der Waals surface area contributed by atoms with Crippen LogP contribution in [0.3, 0.4) is 0 Å². The Morgan fingerprint density at radius 2 is 2.00 bits per heavy atom. The molecule has 1 rings (SSSR count). The van der Waals surface area contributed by atoms with Crippen LogP contribution in [0, 0.1) is 0 Å². The first-order valence-corrected chi connectivity index (χ1v) is 6.31. The summed E-state index contributed by atoms with van der Waals surface area (Å²) < 4.78 is 10.3.